The van der Waals surface area contributed by atoms with Gasteiger partial charge >= 0.3 is 6.18 Å². The van der Waals surface area contributed by atoms with Crippen molar-refractivity contribution in [2.45, 2.75) is 31.5 Å². The van der Waals surface area contributed by atoms with E-state index < -0.39 is 27.3 Å². The van der Waals surface area contributed by atoms with E-state index >= 15 is 0 Å². The summed E-state index contributed by atoms with van der Waals surface area (Å²) < 4.78 is 70.9. The van der Waals surface area contributed by atoms with Crippen molar-refractivity contribution in [1.29, 1.82) is 0 Å². The molecule has 0 fully saturated rings. The Bertz CT molecular complexity index is 1210. The van der Waals surface area contributed by atoms with Crippen LogP contribution in [0.15, 0.2) is 56.8 Å². The molecule has 8 nitrogen and oxygen atoms in total. The van der Waals surface area contributed by atoms with Crippen LogP contribution in [0.2, 0.25) is 0 Å². The molecule has 1 aromatic carbocycles. The minimum atomic E-state index is -4.46. The second-order valence-corrected chi connectivity index (χ2v) is 8.45. The summed E-state index contributed by atoms with van der Waals surface area (Å²) in [5.74, 6) is 0.0399. The molecule has 0 saturated carbocycles. The molecular weight excluding hydrogens is 437 g/mol. The molecule has 0 atom stereocenters. The van der Waals surface area contributed by atoms with Gasteiger partial charge in [0.15, 0.2) is 0 Å². The van der Waals surface area contributed by atoms with Crippen molar-refractivity contribution in [2.75, 3.05) is 13.1 Å². The average molecular weight is 456 g/mol. The maximum atomic E-state index is 12.7. The average Bonchev–Trinajstić information content (AvgIpc) is 3.18. The van der Waals surface area contributed by atoms with Crippen LogP contribution < -0.4 is 5.56 Å². The van der Waals surface area contributed by atoms with E-state index in [9.17, 15) is 26.4 Å². The number of hydrogen-bond donors (Lipinski definition) is 0. The van der Waals surface area contributed by atoms with Crippen LogP contribution in [-0.2, 0) is 22.7 Å². The van der Waals surface area contributed by atoms with E-state index in [4.69, 9.17) is 4.52 Å². The van der Waals surface area contributed by atoms with E-state index in [0.29, 0.717) is 5.56 Å². The first-order chi connectivity index (χ1) is 14.6. The van der Waals surface area contributed by atoms with Crippen LogP contribution in [0.1, 0.15) is 25.3 Å². The Balaban J connectivity index is 1.86. The largest absolute Gasteiger partial charge is 0.416 e. The SMILES string of the molecule is CCN(CC)S(=O)(=O)c1ccc(=O)n(Cc2nc(-c3ccc(C(F)(F)F)cc3)no2)c1. The standard InChI is InChI=1S/C19H19F3N4O4S/c1-3-26(4-2)31(28,29)15-9-10-17(27)25(11-15)12-16-23-18(24-30-16)13-5-7-14(8-6-13)19(20,21)22/h5-11H,3-4,12H2,1-2H3. The molecule has 0 unspecified atom stereocenters. The molecule has 0 bridgehead atoms. The molecule has 12 heteroatoms. The first-order valence-corrected chi connectivity index (χ1v) is 10.7. The van der Waals surface area contributed by atoms with Gasteiger partial charge in [-0.1, -0.05) is 31.1 Å². The molecule has 0 N–H and O–H groups in total. The molecule has 0 amide bonds. The molecule has 0 aliphatic carbocycles. The number of pyridine rings is 1. The predicted octanol–water partition coefficient (Wildman–Crippen LogP) is 3.00. The topological polar surface area (TPSA) is 98.3 Å². The normalized spacial score (nSPS) is 12.5. The Kier molecular flexibility index (Phi) is 6.32. The molecule has 3 rings (SSSR count). The Hall–Kier alpha value is -2.99. The molecular formula is C19H19F3N4O4S. The van der Waals surface area contributed by atoms with Crippen LogP contribution in [0.3, 0.4) is 0 Å². The van der Waals surface area contributed by atoms with E-state index in [2.05, 4.69) is 10.1 Å². The molecule has 2 heterocycles. The van der Waals surface area contributed by atoms with Crippen molar-refractivity contribution >= 4 is 10.0 Å². The Morgan fingerprint density at radius 2 is 1.71 bits per heavy atom. The molecule has 31 heavy (non-hydrogen) atoms. The fourth-order valence-electron chi connectivity index (χ4n) is 2.89. The third-order valence-corrected chi connectivity index (χ3v) is 6.58. The molecule has 0 aliphatic rings. The van der Waals surface area contributed by atoms with Gasteiger partial charge < -0.3 is 9.09 Å². The quantitative estimate of drug-likeness (QED) is 0.542. The fraction of sp³-hybridized carbons (Fsp3) is 0.316. The van der Waals surface area contributed by atoms with Crippen molar-refractivity contribution in [2.24, 2.45) is 0 Å². The van der Waals surface area contributed by atoms with E-state index in [1.807, 2.05) is 0 Å². The molecule has 166 valence electrons. The summed E-state index contributed by atoms with van der Waals surface area (Å²) in [5.41, 5.74) is -0.987. The van der Waals surface area contributed by atoms with Gasteiger partial charge in [0.1, 0.15) is 6.54 Å². The molecule has 0 spiro atoms. The van der Waals surface area contributed by atoms with Gasteiger partial charge in [-0.05, 0) is 18.2 Å². The number of alkyl halides is 3. The number of benzene rings is 1. The summed E-state index contributed by atoms with van der Waals surface area (Å²) >= 11 is 0. The lowest BCUT2D eigenvalue weighted by molar-refractivity contribution is -0.137. The van der Waals surface area contributed by atoms with Crippen molar-refractivity contribution in [3.8, 4) is 11.4 Å². The number of sulfonamides is 1. The third-order valence-electron chi connectivity index (χ3n) is 4.54. The van der Waals surface area contributed by atoms with Crippen LogP contribution in [0, 0.1) is 0 Å². The Labute approximate surface area is 176 Å². The molecule has 0 aliphatic heterocycles. The first-order valence-electron chi connectivity index (χ1n) is 9.27. The maximum absolute atomic E-state index is 12.7. The summed E-state index contributed by atoms with van der Waals surface area (Å²) in [6, 6.07) is 6.58. The lowest BCUT2D eigenvalue weighted by Gasteiger charge is -2.18. The number of nitrogens with zero attached hydrogens (tertiary/aromatic N) is 4. The van der Waals surface area contributed by atoms with Crippen molar-refractivity contribution in [3.05, 3.63) is 64.4 Å². The van der Waals surface area contributed by atoms with Crippen molar-refractivity contribution in [1.82, 2.24) is 19.0 Å². The Morgan fingerprint density at radius 3 is 2.29 bits per heavy atom. The first kappa shape index (κ1) is 22.7. The van der Waals surface area contributed by atoms with Crippen molar-refractivity contribution < 1.29 is 26.1 Å². The molecule has 0 radical (unpaired) electrons. The number of hydrogen-bond acceptors (Lipinski definition) is 6. The summed E-state index contributed by atoms with van der Waals surface area (Å²) in [4.78, 5) is 16.2. The highest BCUT2D eigenvalue weighted by molar-refractivity contribution is 7.89. The van der Waals surface area contributed by atoms with E-state index in [0.717, 1.165) is 22.8 Å². The summed E-state index contributed by atoms with van der Waals surface area (Å²) in [7, 11) is -3.77. The van der Waals surface area contributed by atoms with Gasteiger partial charge in [-0.15, -0.1) is 0 Å². The zero-order chi connectivity index (χ0) is 22.8. The van der Waals surface area contributed by atoms with Gasteiger partial charge in [-0.25, -0.2) is 8.42 Å². The number of halogens is 3. The zero-order valence-corrected chi connectivity index (χ0v) is 17.4. The highest BCUT2D eigenvalue weighted by Gasteiger charge is 2.30. The summed E-state index contributed by atoms with van der Waals surface area (Å²) in [6.45, 7) is 3.76. The zero-order valence-electron chi connectivity index (χ0n) is 16.6. The lowest BCUT2D eigenvalue weighted by atomic mass is 10.1. The monoisotopic (exact) mass is 456 g/mol. The van der Waals surface area contributed by atoms with E-state index in [1.165, 1.54) is 28.7 Å². The van der Waals surface area contributed by atoms with Gasteiger partial charge in [0.25, 0.3) is 5.56 Å². The van der Waals surface area contributed by atoms with Gasteiger partial charge in [-0.2, -0.15) is 22.5 Å². The van der Waals surface area contributed by atoms with Crippen LogP contribution in [0.25, 0.3) is 11.4 Å². The maximum Gasteiger partial charge on any atom is 0.416 e. The predicted molar refractivity (Wildman–Crippen MR) is 105 cm³/mol. The van der Waals surface area contributed by atoms with Crippen LogP contribution in [0.4, 0.5) is 13.2 Å². The van der Waals surface area contributed by atoms with Gasteiger partial charge in [0.2, 0.25) is 21.7 Å². The highest BCUT2D eigenvalue weighted by atomic mass is 32.2. The van der Waals surface area contributed by atoms with E-state index in [-0.39, 0.29) is 36.2 Å². The van der Waals surface area contributed by atoms with Crippen molar-refractivity contribution in [3.63, 3.8) is 0 Å². The second-order valence-electron chi connectivity index (χ2n) is 6.51. The minimum Gasteiger partial charge on any atom is -0.337 e. The molecule has 3 aromatic rings. The van der Waals surface area contributed by atoms with E-state index in [1.54, 1.807) is 13.8 Å². The minimum absolute atomic E-state index is 0.00520. The Morgan fingerprint density at radius 1 is 1.06 bits per heavy atom. The van der Waals surface area contributed by atoms with Gasteiger partial charge in [-0.3, -0.25) is 4.79 Å². The smallest absolute Gasteiger partial charge is 0.337 e. The number of aromatic nitrogens is 3. The van der Waals surface area contributed by atoms with Gasteiger partial charge in [0.05, 0.1) is 10.5 Å². The molecule has 0 saturated heterocycles. The second kappa shape index (κ2) is 8.63. The lowest BCUT2D eigenvalue weighted by Crippen LogP contribution is -2.32. The third kappa shape index (κ3) is 4.85. The summed E-state index contributed by atoms with van der Waals surface area (Å²) in [6.07, 6.45) is -3.27. The highest BCUT2D eigenvalue weighted by Crippen LogP contribution is 2.30. The van der Waals surface area contributed by atoms with Gasteiger partial charge in [0, 0.05) is 30.9 Å². The van der Waals surface area contributed by atoms with Crippen LogP contribution in [-0.4, -0.2) is 40.5 Å². The van der Waals surface area contributed by atoms with Crippen LogP contribution in [0.5, 0.6) is 0 Å². The number of rotatable bonds is 7. The van der Waals surface area contributed by atoms with Crippen LogP contribution >= 0.6 is 0 Å². The fourth-order valence-corrected chi connectivity index (χ4v) is 4.37. The summed E-state index contributed by atoms with van der Waals surface area (Å²) in [5, 5.41) is 3.72. The molecule has 2 aromatic heterocycles.